The maximum atomic E-state index is 14.4. The molecule has 3 rings (SSSR count). The maximum Gasteiger partial charge on any atom is 0.257 e. The average Bonchev–Trinajstić information content (AvgIpc) is 3.23. The normalized spacial score (nSPS) is 13.6. The van der Waals surface area contributed by atoms with Gasteiger partial charge in [-0.3, -0.25) is 4.79 Å². The third-order valence-corrected chi connectivity index (χ3v) is 5.30. The van der Waals surface area contributed by atoms with Crippen LogP contribution in [0, 0.1) is 11.6 Å². The van der Waals surface area contributed by atoms with Crippen LogP contribution in [0.15, 0.2) is 17.5 Å². The number of nitrogens with two attached hydrogens (primary N) is 1. The SMILES string of the molecule is Cl.NCCCCNC(=O)COc1c(-c2csc(N3CCOCC3)n2)ccc(F)c1F. The summed E-state index contributed by atoms with van der Waals surface area (Å²) in [4.78, 5) is 18.5. The summed E-state index contributed by atoms with van der Waals surface area (Å²) >= 11 is 1.41. The van der Waals surface area contributed by atoms with Crippen molar-refractivity contribution in [2.45, 2.75) is 12.8 Å². The average molecular weight is 463 g/mol. The van der Waals surface area contributed by atoms with Gasteiger partial charge in [-0.2, -0.15) is 4.39 Å². The number of aromatic nitrogens is 1. The number of thiazole rings is 1. The number of nitrogens with one attached hydrogen (secondary N) is 1. The zero-order valence-electron chi connectivity index (χ0n) is 16.4. The zero-order chi connectivity index (χ0) is 20.6. The van der Waals surface area contributed by atoms with Crippen LogP contribution in [0.3, 0.4) is 0 Å². The number of amides is 1. The van der Waals surface area contributed by atoms with Gasteiger partial charge in [-0.25, -0.2) is 9.37 Å². The number of rotatable bonds is 9. The fourth-order valence-electron chi connectivity index (χ4n) is 2.85. The van der Waals surface area contributed by atoms with Crippen LogP contribution in [-0.2, 0) is 9.53 Å². The van der Waals surface area contributed by atoms with Gasteiger partial charge < -0.3 is 25.4 Å². The lowest BCUT2D eigenvalue weighted by molar-refractivity contribution is -0.123. The first-order valence-electron chi connectivity index (χ1n) is 9.46. The standard InChI is InChI=1S/C19H24F2N4O3S.ClH/c20-14-4-3-13(15-12-29-19(24-15)25-7-9-27-10-8-25)18(17(14)21)28-11-16(26)23-6-2-1-5-22;/h3-4,12H,1-2,5-11,22H2,(H,23,26);1H. The smallest absolute Gasteiger partial charge is 0.257 e. The van der Waals surface area contributed by atoms with E-state index in [1.165, 1.54) is 17.4 Å². The molecule has 1 aromatic carbocycles. The Morgan fingerprint density at radius 2 is 2.07 bits per heavy atom. The van der Waals surface area contributed by atoms with Crippen molar-refractivity contribution in [3.63, 3.8) is 0 Å². The van der Waals surface area contributed by atoms with Crippen LogP contribution in [0.2, 0.25) is 0 Å². The summed E-state index contributed by atoms with van der Waals surface area (Å²) in [7, 11) is 0. The second-order valence-corrected chi connectivity index (χ2v) is 7.32. The van der Waals surface area contributed by atoms with Crippen molar-refractivity contribution >= 4 is 34.8 Å². The summed E-state index contributed by atoms with van der Waals surface area (Å²) in [5.74, 6) is -2.92. The van der Waals surface area contributed by atoms with Gasteiger partial charge in [0.05, 0.1) is 18.9 Å². The van der Waals surface area contributed by atoms with E-state index in [9.17, 15) is 13.6 Å². The highest BCUT2D eigenvalue weighted by Gasteiger charge is 2.21. The molecule has 0 bridgehead atoms. The van der Waals surface area contributed by atoms with Gasteiger partial charge in [0, 0.05) is 30.6 Å². The predicted octanol–water partition coefficient (Wildman–Crippen LogP) is 2.58. The summed E-state index contributed by atoms with van der Waals surface area (Å²) in [5, 5.41) is 5.20. The largest absolute Gasteiger partial charge is 0.480 e. The highest BCUT2D eigenvalue weighted by molar-refractivity contribution is 7.14. The minimum Gasteiger partial charge on any atom is -0.480 e. The van der Waals surface area contributed by atoms with E-state index in [1.807, 2.05) is 0 Å². The molecule has 11 heteroatoms. The van der Waals surface area contributed by atoms with Crippen molar-refractivity contribution in [1.82, 2.24) is 10.3 Å². The monoisotopic (exact) mass is 462 g/mol. The number of carbonyl (C=O) groups excluding carboxylic acids is 1. The molecule has 166 valence electrons. The topological polar surface area (TPSA) is 89.7 Å². The molecule has 1 aromatic heterocycles. The Morgan fingerprint density at radius 3 is 2.80 bits per heavy atom. The first kappa shape index (κ1) is 24.3. The molecule has 1 aliphatic heterocycles. The Kier molecular flexibility index (Phi) is 9.70. The molecule has 0 unspecified atom stereocenters. The molecule has 1 saturated heterocycles. The van der Waals surface area contributed by atoms with Gasteiger partial charge in [0.25, 0.3) is 5.91 Å². The van der Waals surface area contributed by atoms with Crippen LogP contribution in [0.5, 0.6) is 5.75 Å². The van der Waals surface area contributed by atoms with E-state index in [1.54, 1.807) is 5.38 Å². The predicted molar refractivity (Wildman–Crippen MR) is 115 cm³/mol. The fourth-order valence-corrected chi connectivity index (χ4v) is 3.73. The van der Waals surface area contributed by atoms with Crippen molar-refractivity contribution in [2.75, 3.05) is 50.9 Å². The van der Waals surface area contributed by atoms with E-state index in [0.717, 1.165) is 37.1 Å². The number of hydrogen-bond acceptors (Lipinski definition) is 7. The second kappa shape index (κ2) is 12.0. The van der Waals surface area contributed by atoms with E-state index in [0.29, 0.717) is 37.6 Å². The first-order valence-corrected chi connectivity index (χ1v) is 10.3. The summed E-state index contributed by atoms with van der Waals surface area (Å²) in [6, 6.07) is 2.43. The van der Waals surface area contributed by atoms with Crippen LogP contribution >= 0.6 is 23.7 Å². The maximum absolute atomic E-state index is 14.4. The van der Waals surface area contributed by atoms with Gasteiger partial charge >= 0.3 is 0 Å². The van der Waals surface area contributed by atoms with Crippen molar-refractivity contribution < 1.29 is 23.0 Å². The van der Waals surface area contributed by atoms with Crippen LogP contribution in [-0.4, -0.2) is 56.9 Å². The molecule has 0 saturated carbocycles. The molecule has 1 fully saturated rings. The van der Waals surface area contributed by atoms with Crippen LogP contribution in [0.4, 0.5) is 13.9 Å². The third kappa shape index (κ3) is 6.24. The molecule has 2 aromatic rings. The number of morpholine rings is 1. The molecule has 0 aliphatic carbocycles. The van der Waals surface area contributed by atoms with E-state index >= 15 is 0 Å². The number of nitrogens with zero attached hydrogens (tertiary/aromatic N) is 2. The van der Waals surface area contributed by atoms with E-state index < -0.39 is 24.1 Å². The van der Waals surface area contributed by atoms with Crippen LogP contribution in [0.25, 0.3) is 11.3 Å². The summed E-state index contributed by atoms with van der Waals surface area (Å²) in [5.41, 5.74) is 6.17. The van der Waals surface area contributed by atoms with Gasteiger partial charge in [-0.15, -0.1) is 23.7 Å². The lowest BCUT2D eigenvalue weighted by Gasteiger charge is -2.26. The molecule has 2 heterocycles. The summed E-state index contributed by atoms with van der Waals surface area (Å²) in [6.45, 7) is 3.26. The number of unbranched alkanes of at least 4 members (excludes halogenated alkanes) is 1. The zero-order valence-corrected chi connectivity index (χ0v) is 18.0. The number of halogens is 3. The van der Waals surface area contributed by atoms with Crippen molar-refractivity contribution in [3.05, 3.63) is 29.1 Å². The van der Waals surface area contributed by atoms with Gasteiger partial charge in [-0.1, -0.05) is 0 Å². The fraction of sp³-hybridized carbons (Fsp3) is 0.474. The lowest BCUT2D eigenvalue weighted by atomic mass is 10.1. The van der Waals surface area contributed by atoms with E-state index in [4.69, 9.17) is 15.2 Å². The Labute approximate surface area is 184 Å². The number of anilines is 1. The minimum atomic E-state index is -1.14. The molecule has 0 atom stereocenters. The number of ether oxygens (including phenoxy) is 2. The number of carbonyl (C=O) groups is 1. The van der Waals surface area contributed by atoms with Gasteiger partial charge in [0.2, 0.25) is 5.82 Å². The highest BCUT2D eigenvalue weighted by Crippen LogP contribution is 2.36. The molecular weight excluding hydrogens is 438 g/mol. The molecule has 30 heavy (non-hydrogen) atoms. The summed E-state index contributed by atoms with van der Waals surface area (Å²) < 4.78 is 38.9. The van der Waals surface area contributed by atoms with E-state index in [-0.39, 0.29) is 18.2 Å². The molecule has 1 aliphatic rings. The van der Waals surface area contributed by atoms with Crippen LogP contribution in [0.1, 0.15) is 12.8 Å². The van der Waals surface area contributed by atoms with Crippen LogP contribution < -0.4 is 20.7 Å². The molecule has 3 N–H and O–H groups in total. The molecule has 1 amide bonds. The van der Waals surface area contributed by atoms with Crippen molar-refractivity contribution in [3.8, 4) is 17.0 Å². The lowest BCUT2D eigenvalue weighted by Crippen LogP contribution is -2.36. The van der Waals surface area contributed by atoms with E-state index in [2.05, 4.69) is 15.2 Å². The second-order valence-electron chi connectivity index (χ2n) is 6.49. The highest BCUT2D eigenvalue weighted by atomic mass is 35.5. The Hall–Kier alpha value is -2.01. The molecule has 0 radical (unpaired) electrons. The van der Waals surface area contributed by atoms with Gasteiger partial charge in [-0.05, 0) is 31.5 Å². The van der Waals surface area contributed by atoms with Crippen molar-refractivity contribution in [1.29, 1.82) is 0 Å². The number of hydrogen-bond donors (Lipinski definition) is 2. The quantitative estimate of drug-likeness (QED) is 0.557. The molecule has 7 nitrogen and oxygen atoms in total. The first-order chi connectivity index (χ1) is 14.1. The Balaban J connectivity index is 0.00000320. The van der Waals surface area contributed by atoms with Gasteiger partial charge in [0.1, 0.15) is 0 Å². The molecular formula is C19H25ClF2N4O3S. The van der Waals surface area contributed by atoms with Gasteiger partial charge in [0.15, 0.2) is 23.3 Å². The summed E-state index contributed by atoms with van der Waals surface area (Å²) in [6.07, 6.45) is 1.53. The third-order valence-electron chi connectivity index (χ3n) is 4.40. The van der Waals surface area contributed by atoms with Crippen molar-refractivity contribution in [2.24, 2.45) is 5.73 Å². The Morgan fingerprint density at radius 1 is 1.30 bits per heavy atom. The molecule has 0 spiro atoms. The Bertz CT molecular complexity index is 834. The number of benzene rings is 1. The minimum absolute atomic E-state index is 0.